The summed E-state index contributed by atoms with van der Waals surface area (Å²) in [5, 5.41) is 8.79. The molecule has 0 saturated heterocycles. The molecule has 19 heavy (non-hydrogen) atoms. The molecular weight excluding hydrogens is 236 g/mol. The van der Waals surface area contributed by atoms with E-state index in [0.717, 1.165) is 23.3 Å². The number of aliphatic hydroxyl groups is 1. The molecule has 98 valence electrons. The molecule has 0 unspecified atom stereocenters. The number of rotatable bonds is 5. The van der Waals surface area contributed by atoms with Crippen molar-refractivity contribution in [1.82, 2.24) is 0 Å². The fourth-order valence-corrected chi connectivity index (χ4v) is 2.02. The van der Waals surface area contributed by atoms with Gasteiger partial charge in [0, 0.05) is 6.42 Å². The van der Waals surface area contributed by atoms with Crippen LogP contribution >= 0.6 is 0 Å². The van der Waals surface area contributed by atoms with Crippen LogP contribution in [0.3, 0.4) is 0 Å². The van der Waals surface area contributed by atoms with E-state index in [0.29, 0.717) is 0 Å². The molecular formula is C17H18O2. The van der Waals surface area contributed by atoms with Gasteiger partial charge in [0.1, 0.15) is 5.75 Å². The van der Waals surface area contributed by atoms with Crippen molar-refractivity contribution in [2.24, 2.45) is 0 Å². The van der Waals surface area contributed by atoms with E-state index >= 15 is 0 Å². The minimum atomic E-state index is 0.0497. The van der Waals surface area contributed by atoms with E-state index in [-0.39, 0.29) is 6.61 Å². The van der Waals surface area contributed by atoms with Gasteiger partial charge in [-0.05, 0) is 22.8 Å². The summed E-state index contributed by atoms with van der Waals surface area (Å²) in [5.41, 5.74) is 3.46. The molecule has 0 aromatic heterocycles. The largest absolute Gasteiger partial charge is 0.496 e. The molecule has 0 atom stereocenters. The highest BCUT2D eigenvalue weighted by Gasteiger charge is 2.04. The molecule has 2 aromatic carbocycles. The topological polar surface area (TPSA) is 29.5 Å². The van der Waals surface area contributed by atoms with Crippen LogP contribution in [-0.4, -0.2) is 18.8 Å². The standard InChI is InChI=1S/C17H18O2/c1-19-17-13-15(8-5-11-18)9-10-16(17)12-14-6-3-2-4-7-14/h2-10,13,18H,11-12H2,1H3. The summed E-state index contributed by atoms with van der Waals surface area (Å²) in [5.74, 6) is 0.879. The van der Waals surface area contributed by atoms with Crippen LogP contribution in [0, 0.1) is 0 Å². The van der Waals surface area contributed by atoms with Crippen LogP contribution < -0.4 is 4.74 Å². The second kappa shape index (κ2) is 6.76. The third-order valence-corrected chi connectivity index (χ3v) is 2.96. The van der Waals surface area contributed by atoms with E-state index in [1.54, 1.807) is 13.2 Å². The Bertz CT molecular complexity index is 544. The summed E-state index contributed by atoms with van der Waals surface area (Å²) in [4.78, 5) is 0. The predicted octanol–water partition coefficient (Wildman–Crippen LogP) is 3.29. The van der Waals surface area contributed by atoms with E-state index in [4.69, 9.17) is 9.84 Å². The molecule has 2 rings (SSSR count). The van der Waals surface area contributed by atoms with Crippen molar-refractivity contribution < 1.29 is 9.84 Å². The number of ether oxygens (including phenoxy) is 1. The summed E-state index contributed by atoms with van der Waals surface area (Å²) in [6.07, 6.45) is 4.45. The first-order valence-corrected chi connectivity index (χ1v) is 6.31. The molecule has 0 bridgehead atoms. The van der Waals surface area contributed by atoms with E-state index in [1.165, 1.54) is 5.56 Å². The van der Waals surface area contributed by atoms with Crippen molar-refractivity contribution in [2.45, 2.75) is 6.42 Å². The summed E-state index contributed by atoms with van der Waals surface area (Å²) in [6.45, 7) is 0.0497. The second-order valence-corrected chi connectivity index (χ2v) is 4.32. The molecule has 0 radical (unpaired) electrons. The summed E-state index contributed by atoms with van der Waals surface area (Å²) in [6, 6.07) is 16.4. The minimum absolute atomic E-state index is 0.0497. The Kier molecular flexibility index (Phi) is 4.76. The normalized spacial score (nSPS) is 10.8. The molecule has 2 nitrogen and oxygen atoms in total. The van der Waals surface area contributed by atoms with Crippen LogP contribution in [0.2, 0.25) is 0 Å². The van der Waals surface area contributed by atoms with Crippen LogP contribution in [0.25, 0.3) is 6.08 Å². The highest BCUT2D eigenvalue weighted by molar-refractivity contribution is 5.54. The molecule has 0 amide bonds. The van der Waals surface area contributed by atoms with Crippen LogP contribution in [0.1, 0.15) is 16.7 Å². The fourth-order valence-electron chi connectivity index (χ4n) is 2.02. The molecule has 0 aliphatic heterocycles. The van der Waals surface area contributed by atoms with E-state index in [9.17, 15) is 0 Å². The van der Waals surface area contributed by atoms with Gasteiger partial charge in [0.25, 0.3) is 0 Å². The third-order valence-electron chi connectivity index (χ3n) is 2.96. The average molecular weight is 254 g/mol. The Morgan fingerprint density at radius 2 is 1.89 bits per heavy atom. The quantitative estimate of drug-likeness (QED) is 0.887. The van der Waals surface area contributed by atoms with Crippen LogP contribution in [0.15, 0.2) is 54.6 Å². The average Bonchev–Trinajstić information content (AvgIpc) is 2.47. The van der Waals surface area contributed by atoms with Crippen LogP contribution in [-0.2, 0) is 6.42 Å². The van der Waals surface area contributed by atoms with E-state index in [1.807, 2.05) is 36.4 Å². The molecule has 2 aromatic rings. The van der Waals surface area contributed by atoms with Crippen molar-refractivity contribution in [3.8, 4) is 5.75 Å². The van der Waals surface area contributed by atoms with Gasteiger partial charge in [0.15, 0.2) is 0 Å². The first-order chi connectivity index (χ1) is 9.33. The Hall–Kier alpha value is -2.06. The van der Waals surface area contributed by atoms with Gasteiger partial charge in [-0.25, -0.2) is 0 Å². The molecule has 0 saturated carbocycles. The van der Waals surface area contributed by atoms with E-state index < -0.39 is 0 Å². The first kappa shape index (κ1) is 13.4. The van der Waals surface area contributed by atoms with Crippen molar-refractivity contribution >= 4 is 6.08 Å². The lowest BCUT2D eigenvalue weighted by Crippen LogP contribution is -1.94. The Balaban J connectivity index is 2.23. The summed E-state index contributed by atoms with van der Waals surface area (Å²) < 4.78 is 5.44. The zero-order valence-corrected chi connectivity index (χ0v) is 11.0. The van der Waals surface area contributed by atoms with Gasteiger partial charge in [-0.2, -0.15) is 0 Å². The molecule has 2 heteroatoms. The highest BCUT2D eigenvalue weighted by atomic mass is 16.5. The second-order valence-electron chi connectivity index (χ2n) is 4.32. The third kappa shape index (κ3) is 3.70. The maximum Gasteiger partial charge on any atom is 0.122 e. The maximum absolute atomic E-state index is 8.79. The van der Waals surface area contributed by atoms with Gasteiger partial charge < -0.3 is 9.84 Å². The SMILES string of the molecule is COc1cc(C=CCO)ccc1Cc1ccccc1. The molecule has 0 fully saturated rings. The zero-order chi connectivity index (χ0) is 13.5. The summed E-state index contributed by atoms with van der Waals surface area (Å²) in [7, 11) is 1.68. The molecule has 0 aliphatic rings. The molecule has 0 aliphatic carbocycles. The molecule has 1 N–H and O–H groups in total. The van der Waals surface area contributed by atoms with E-state index in [2.05, 4.69) is 18.2 Å². The lowest BCUT2D eigenvalue weighted by atomic mass is 10.0. The van der Waals surface area contributed by atoms with Crippen LogP contribution in [0.4, 0.5) is 0 Å². The first-order valence-electron chi connectivity index (χ1n) is 6.31. The zero-order valence-electron chi connectivity index (χ0n) is 11.0. The lowest BCUT2D eigenvalue weighted by Gasteiger charge is -2.09. The maximum atomic E-state index is 8.79. The number of methoxy groups -OCH3 is 1. The Labute approximate surface area is 114 Å². The predicted molar refractivity (Wildman–Crippen MR) is 78.4 cm³/mol. The number of hydrogen-bond donors (Lipinski definition) is 1. The number of aliphatic hydroxyl groups excluding tert-OH is 1. The van der Waals surface area contributed by atoms with Gasteiger partial charge >= 0.3 is 0 Å². The molecule has 0 spiro atoms. The fraction of sp³-hybridized carbons (Fsp3) is 0.176. The monoisotopic (exact) mass is 254 g/mol. The van der Waals surface area contributed by atoms with Gasteiger partial charge in [-0.1, -0.05) is 54.6 Å². The van der Waals surface area contributed by atoms with Gasteiger partial charge in [0.2, 0.25) is 0 Å². The van der Waals surface area contributed by atoms with Crippen molar-refractivity contribution in [3.63, 3.8) is 0 Å². The van der Waals surface area contributed by atoms with Gasteiger partial charge in [-0.3, -0.25) is 0 Å². The number of hydrogen-bond acceptors (Lipinski definition) is 2. The lowest BCUT2D eigenvalue weighted by molar-refractivity contribution is 0.343. The molecule has 0 heterocycles. The van der Waals surface area contributed by atoms with Gasteiger partial charge in [-0.15, -0.1) is 0 Å². The van der Waals surface area contributed by atoms with Gasteiger partial charge in [0.05, 0.1) is 13.7 Å². The van der Waals surface area contributed by atoms with Crippen molar-refractivity contribution in [2.75, 3.05) is 13.7 Å². The van der Waals surface area contributed by atoms with Crippen molar-refractivity contribution in [3.05, 3.63) is 71.3 Å². The highest BCUT2D eigenvalue weighted by Crippen LogP contribution is 2.23. The summed E-state index contributed by atoms with van der Waals surface area (Å²) >= 11 is 0. The van der Waals surface area contributed by atoms with Crippen molar-refractivity contribution in [1.29, 1.82) is 0 Å². The smallest absolute Gasteiger partial charge is 0.122 e. The Morgan fingerprint density at radius 3 is 2.58 bits per heavy atom. The minimum Gasteiger partial charge on any atom is -0.496 e. The number of benzene rings is 2. The van der Waals surface area contributed by atoms with Crippen LogP contribution in [0.5, 0.6) is 5.75 Å². The Morgan fingerprint density at radius 1 is 1.11 bits per heavy atom.